The number of carboxylic acids is 2. The van der Waals surface area contributed by atoms with Gasteiger partial charge in [-0.25, -0.2) is 4.79 Å². The molecule has 0 amide bonds. The molecule has 4 heteroatoms. The molecule has 1 aromatic carbocycles. The van der Waals surface area contributed by atoms with Crippen LogP contribution in [0.15, 0.2) is 30.3 Å². The van der Waals surface area contributed by atoms with Crippen LogP contribution >= 0.6 is 0 Å². The summed E-state index contributed by atoms with van der Waals surface area (Å²) in [5.41, 5.74) is 2.99. The molecule has 0 bridgehead atoms. The quantitative estimate of drug-likeness (QED) is 0.438. The first kappa shape index (κ1) is 25.2. The number of carboxylic acid groups (broad SMARTS) is 2. The minimum Gasteiger partial charge on any atom is -0.481 e. The lowest BCUT2D eigenvalue weighted by molar-refractivity contribution is -0.187. The van der Waals surface area contributed by atoms with Crippen molar-refractivity contribution in [3.8, 4) is 0 Å². The highest BCUT2D eigenvalue weighted by Gasteiger charge is 2.66. The van der Waals surface area contributed by atoms with Crippen LogP contribution in [-0.2, 0) is 4.79 Å². The van der Waals surface area contributed by atoms with E-state index in [-0.39, 0.29) is 10.8 Å². The van der Waals surface area contributed by atoms with E-state index in [0.717, 1.165) is 44.1 Å². The van der Waals surface area contributed by atoms with E-state index in [9.17, 15) is 19.8 Å². The molecule has 8 atom stereocenters. The number of allylic oxidation sites excluding steroid dienone is 2. The topological polar surface area (TPSA) is 74.6 Å². The van der Waals surface area contributed by atoms with Gasteiger partial charge in [-0.2, -0.15) is 0 Å². The minimum atomic E-state index is -0.876. The van der Waals surface area contributed by atoms with Gasteiger partial charge in [0.25, 0.3) is 0 Å². The van der Waals surface area contributed by atoms with Gasteiger partial charge in [-0.1, -0.05) is 52.3 Å². The summed E-state index contributed by atoms with van der Waals surface area (Å²) < 4.78 is 0. The Balaban J connectivity index is 1.32. The zero-order valence-electron chi connectivity index (χ0n) is 23.1. The average Bonchev–Trinajstić information content (AvgIpc) is 3.30. The molecule has 2 N–H and O–H groups in total. The summed E-state index contributed by atoms with van der Waals surface area (Å²) in [6, 6.07) is 7.47. The van der Waals surface area contributed by atoms with E-state index in [1.54, 1.807) is 12.1 Å². The first-order valence-corrected chi connectivity index (χ1v) is 14.7. The Kier molecular flexibility index (Phi) is 5.58. The highest BCUT2D eigenvalue weighted by Crippen LogP contribution is 2.73. The number of rotatable bonds is 3. The fourth-order valence-corrected chi connectivity index (χ4v) is 11.5. The normalized spacial score (nSPS) is 44.0. The van der Waals surface area contributed by atoms with Crippen LogP contribution in [0.2, 0.25) is 0 Å². The summed E-state index contributed by atoms with van der Waals surface area (Å²) in [4.78, 5) is 23.8. The number of fused-ring (bicyclic) bond motifs is 7. The smallest absolute Gasteiger partial charge is 0.335 e. The van der Waals surface area contributed by atoms with Crippen LogP contribution < -0.4 is 0 Å². The van der Waals surface area contributed by atoms with Gasteiger partial charge in [0.05, 0.1) is 11.0 Å². The molecule has 0 aliphatic heterocycles. The second kappa shape index (κ2) is 8.20. The summed E-state index contributed by atoms with van der Waals surface area (Å²) in [6.45, 7) is 10.00. The minimum absolute atomic E-state index is 0.0202. The highest BCUT2D eigenvalue weighted by molar-refractivity contribution is 5.88. The maximum absolute atomic E-state index is 12.5. The number of hydrogen-bond acceptors (Lipinski definition) is 2. The van der Waals surface area contributed by atoms with Gasteiger partial charge in [0.1, 0.15) is 0 Å². The molecule has 4 nitrogen and oxygen atoms in total. The van der Waals surface area contributed by atoms with Crippen molar-refractivity contribution < 1.29 is 19.8 Å². The summed E-state index contributed by atoms with van der Waals surface area (Å²) in [5, 5.41) is 19.6. The van der Waals surface area contributed by atoms with E-state index in [1.807, 2.05) is 12.1 Å². The highest BCUT2D eigenvalue weighted by atomic mass is 16.4. The predicted molar refractivity (Wildman–Crippen MR) is 145 cm³/mol. The second-order valence-electron chi connectivity index (χ2n) is 14.4. The Morgan fingerprint density at radius 3 is 2.19 bits per heavy atom. The second-order valence-corrected chi connectivity index (χ2v) is 14.4. The Hall–Kier alpha value is -2.10. The van der Waals surface area contributed by atoms with Gasteiger partial charge in [0.2, 0.25) is 0 Å². The van der Waals surface area contributed by atoms with Crippen LogP contribution in [0.4, 0.5) is 0 Å². The molecule has 200 valence electrons. The molecule has 4 fully saturated rings. The van der Waals surface area contributed by atoms with Crippen molar-refractivity contribution in [3.63, 3.8) is 0 Å². The molecule has 5 aliphatic rings. The van der Waals surface area contributed by atoms with E-state index in [1.165, 1.54) is 31.3 Å². The molecule has 0 aromatic heterocycles. The summed E-state index contributed by atoms with van der Waals surface area (Å²) in [5.74, 6) is 1.50. The van der Waals surface area contributed by atoms with Gasteiger partial charge >= 0.3 is 11.9 Å². The van der Waals surface area contributed by atoms with Gasteiger partial charge in [-0.15, -0.1) is 0 Å². The summed E-state index contributed by atoms with van der Waals surface area (Å²) in [7, 11) is 0. The van der Waals surface area contributed by atoms with E-state index in [2.05, 4.69) is 33.8 Å². The lowest BCUT2D eigenvalue weighted by Gasteiger charge is -2.68. The molecule has 4 unspecified atom stereocenters. The first-order valence-electron chi connectivity index (χ1n) is 14.7. The Morgan fingerprint density at radius 2 is 1.51 bits per heavy atom. The van der Waals surface area contributed by atoms with E-state index in [4.69, 9.17) is 0 Å². The van der Waals surface area contributed by atoms with Gasteiger partial charge in [-0.3, -0.25) is 4.79 Å². The maximum Gasteiger partial charge on any atom is 0.335 e. The first-order chi connectivity index (χ1) is 17.4. The van der Waals surface area contributed by atoms with Crippen molar-refractivity contribution in [1.82, 2.24) is 0 Å². The molecule has 37 heavy (non-hydrogen) atoms. The molecule has 0 radical (unpaired) electrons. The number of carbonyl (C=O) groups is 2. The molecule has 1 aromatic rings. The molecule has 5 aliphatic carbocycles. The maximum atomic E-state index is 12.5. The van der Waals surface area contributed by atoms with Crippen molar-refractivity contribution in [3.05, 3.63) is 41.5 Å². The van der Waals surface area contributed by atoms with Crippen LogP contribution in [-0.4, -0.2) is 22.2 Å². The summed E-state index contributed by atoms with van der Waals surface area (Å²) >= 11 is 0. The van der Waals surface area contributed by atoms with Crippen molar-refractivity contribution >= 4 is 17.5 Å². The van der Waals surface area contributed by atoms with Crippen molar-refractivity contribution in [2.75, 3.05) is 0 Å². The standard InChI is InChI=1S/C33H44O4/c1-30(2)23(20-7-9-21(10-8-20)28(34)35)13-17-32(4)26(30)15-18-31(3)24-14-19-33(29(36)37)16-5-6-25(33)22(24)11-12-27(31)32/h7-10,13,22,24-27H,5-6,11-12,14-19H2,1-4H3,(H,34,35)(H,36,37)/t22-,24?,25?,26?,27?,31-,32-,33-/m0/s1. The third kappa shape index (κ3) is 3.32. The lowest BCUT2D eigenvalue weighted by atomic mass is 9.36. The van der Waals surface area contributed by atoms with Crippen LogP contribution in [0, 0.1) is 51.2 Å². The average molecular weight is 505 g/mol. The Labute approximate surface area is 221 Å². The third-order valence-corrected chi connectivity index (χ3v) is 13.0. The molecular weight excluding hydrogens is 460 g/mol. The lowest BCUT2D eigenvalue weighted by Crippen LogP contribution is -2.61. The summed E-state index contributed by atoms with van der Waals surface area (Å²) in [6.07, 6.45) is 13.6. The van der Waals surface area contributed by atoms with Crippen LogP contribution in [0.1, 0.15) is 108 Å². The zero-order chi connectivity index (χ0) is 26.4. The molecule has 0 heterocycles. The monoisotopic (exact) mass is 504 g/mol. The van der Waals surface area contributed by atoms with Crippen LogP contribution in [0.3, 0.4) is 0 Å². The fourth-order valence-electron chi connectivity index (χ4n) is 11.5. The Bertz CT molecular complexity index is 1150. The zero-order valence-corrected chi connectivity index (χ0v) is 23.1. The molecule has 0 saturated heterocycles. The third-order valence-electron chi connectivity index (χ3n) is 13.0. The van der Waals surface area contributed by atoms with Gasteiger partial charge in [0, 0.05) is 0 Å². The van der Waals surface area contributed by atoms with Crippen molar-refractivity contribution in [2.45, 2.75) is 91.9 Å². The van der Waals surface area contributed by atoms with E-state index < -0.39 is 17.4 Å². The molecular formula is C33H44O4. The van der Waals surface area contributed by atoms with Gasteiger partial charge < -0.3 is 10.2 Å². The number of benzene rings is 1. The van der Waals surface area contributed by atoms with E-state index in [0.29, 0.717) is 40.6 Å². The van der Waals surface area contributed by atoms with E-state index >= 15 is 0 Å². The largest absolute Gasteiger partial charge is 0.481 e. The van der Waals surface area contributed by atoms with Crippen LogP contribution in [0.5, 0.6) is 0 Å². The molecule has 0 spiro atoms. The van der Waals surface area contributed by atoms with Crippen molar-refractivity contribution in [2.24, 2.45) is 51.2 Å². The number of aliphatic carboxylic acids is 1. The van der Waals surface area contributed by atoms with Crippen LogP contribution in [0.25, 0.3) is 5.57 Å². The Morgan fingerprint density at radius 1 is 0.784 bits per heavy atom. The van der Waals surface area contributed by atoms with Crippen molar-refractivity contribution in [1.29, 1.82) is 0 Å². The fraction of sp³-hybridized carbons (Fsp3) is 0.697. The van der Waals surface area contributed by atoms with Gasteiger partial charge in [0.15, 0.2) is 0 Å². The predicted octanol–water partition coefficient (Wildman–Crippen LogP) is 7.93. The number of hydrogen-bond donors (Lipinski definition) is 2. The molecule has 4 saturated carbocycles. The number of aromatic carboxylic acids is 1. The molecule has 6 rings (SSSR count). The van der Waals surface area contributed by atoms with Gasteiger partial charge in [-0.05, 0) is 127 Å². The SMILES string of the molecule is CC1(C)C(c2ccc(C(=O)O)cc2)=CC[C@@]2(C)C1CC[C@@]1(C)C3CC[C@@]4(C(=O)O)CCCC4[C@H]3CCC12.